The SMILES string of the molecule is C[C@H](NCOC[C@@]1(C#N)O[C@@H](c2ccc3c(N)ncnn23)[C@H](O)[C@@H]1O)C(=O)OCC1CC1. The molecular weight excluding hydrogens is 420 g/mol. The van der Waals surface area contributed by atoms with Gasteiger partial charge in [0.15, 0.2) is 5.82 Å². The van der Waals surface area contributed by atoms with E-state index in [-0.39, 0.29) is 25.1 Å². The molecule has 32 heavy (non-hydrogen) atoms. The van der Waals surface area contributed by atoms with Crippen molar-refractivity contribution in [2.24, 2.45) is 5.92 Å². The fourth-order valence-electron chi connectivity index (χ4n) is 3.55. The maximum atomic E-state index is 11.9. The number of aliphatic hydroxyl groups excluding tert-OH is 2. The lowest BCUT2D eigenvalue weighted by atomic mass is 9.96. The third-order valence-corrected chi connectivity index (χ3v) is 5.76. The van der Waals surface area contributed by atoms with Gasteiger partial charge in [0.1, 0.15) is 42.3 Å². The summed E-state index contributed by atoms with van der Waals surface area (Å²) < 4.78 is 17.9. The third kappa shape index (κ3) is 4.25. The zero-order valence-corrected chi connectivity index (χ0v) is 17.5. The monoisotopic (exact) mass is 446 g/mol. The molecule has 0 amide bonds. The van der Waals surface area contributed by atoms with Crippen molar-refractivity contribution in [1.82, 2.24) is 19.9 Å². The van der Waals surface area contributed by atoms with Crippen LogP contribution in [0.4, 0.5) is 5.82 Å². The molecule has 2 aromatic rings. The maximum Gasteiger partial charge on any atom is 0.322 e. The van der Waals surface area contributed by atoms with Crippen molar-refractivity contribution in [2.45, 2.75) is 49.7 Å². The molecule has 4 rings (SSSR count). The van der Waals surface area contributed by atoms with Crippen LogP contribution in [-0.2, 0) is 19.0 Å². The van der Waals surface area contributed by atoms with Crippen LogP contribution < -0.4 is 11.1 Å². The zero-order chi connectivity index (χ0) is 22.9. The van der Waals surface area contributed by atoms with E-state index in [0.717, 1.165) is 12.8 Å². The molecule has 0 bridgehead atoms. The second kappa shape index (κ2) is 8.97. The number of hydrogen-bond acceptors (Lipinski definition) is 11. The van der Waals surface area contributed by atoms with Gasteiger partial charge in [-0.05, 0) is 37.8 Å². The lowest BCUT2D eigenvalue weighted by molar-refractivity contribution is -0.147. The van der Waals surface area contributed by atoms with E-state index in [2.05, 4.69) is 15.4 Å². The van der Waals surface area contributed by atoms with Crippen LogP contribution in [0.2, 0.25) is 0 Å². The maximum absolute atomic E-state index is 11.9. The Labute approximate surface area is 183 Å². The summed E-state index contributed by atoms with van der Waals surface area (Å²) in [6.45, 7) is 1.64. The molecule has 2 fully saturated rings. The lowest BCUT2D eigenvalue weighted by Gasteiger charge is -2.24. The van der Waals surface area contributed by atoms with E-state index < -0.39 is 30.0 Å². The molecule has 12 nitrogen and oxygen atoms in total. The van der Waals surface area contributed by atoms with Crippen LogP contribution in [-0.4, -0.2) is 74.6 Å². The van der Waals surface area contributed by atoms with Gasteiger partial charge in [0, 0.05) is 0 Å². The molecule has 0 aromatic carbocycles. The minimum absolute atomic E-state index is 0.0855. The first kappa shape index (κ1) is 22.4. The second-order valence-corrected chi connectivity index (χ2v) is 8.17. The van der Waals surface area contributed by atoms with Crippen LogP contribution in [0.3, 0.4) is 0 Å². The van der Waals surface area contributed by atoms with E-state index in [4.69, 9.17) is 19.9 Å². The highest BCUT2D eigenvalue weighted by Crippen LogP contribution is 2.40. The number of nitrogen functional groups attached to an aromatic ring is 1. The van der Waals surface area contributed by atoms with Crippen LogP contribution in [0.1, 0.15) is 31.6 Å². The molecule has 2 aliphatic rings. The van der Waals surface area contributed by atoms with Crippen molar-refractivity contribution >= 4 is 17.3 Å². The summed E-state index contributed by atoms with van der Waals surface area (Å²) >= 11 is 0. The number of carbonyl (C=O) groups is 1. The summed E-state index contributed by atoms with van der Waals surface area (Å²) in [7, 11) is 0. The van der Waals surface area contributed by atoms with E-state index in [0.29, 0.717) is 23.7 Å². The summed E-state index contributed by atoms with van der Waals surface area (Å²) in [5.41, 5.74) is 4.93. The molecule has 3 heterocycles. The number of nitriles is 1. The Balaban J connectivity index is 1.36. The van der Waals surface area contributed by atoms with Crippen molar-refractivity contribution in [2.75, 3.05) is 25.7 Å². The number of fused-ring (bicyclic) bond motifs is 1. The van der Waals surface area contributed by atoms with E-state index in [1.807, 2.05) is 6.07 Å². The van der Waals surface area contributed by atoms with E-state index in [1.165, 1.54) is 10.8 Å². The Morgan fingerprint density at radius 3 is 3.00 bits per heavy atom. The Bertz CT molecular complexity index is 1020. The van der Waals surface area contributed by atoms with Gasteiger partial charge in [-0.15, -0.1) is 0 Å². The quantitative estimate of drug-likeness (QED) is 0.217. The topological polar surface area (TPSA) is 177 Å². The molecule has 5 N–H and O–H groups in total. The van der Waals surface area contributed by atoms with Crippen molar-refractivity contribution in [3.05, 3.63) is 24.2 Å². The number of nitrogens with one attached hydrogen (secondary N) is 1. The molecule has 1 saturated heterocycles. The highest BCUT2D eigenvalue weighted by atomic mass is 16.6. The van der Waals surface area contributed by atoms with Gasteiger partial charge in [-0.3, -0.25) is 10.1 Å². The first-order chi connectivity index (χ1) is 15.4. The number of rotatable bonds is 9. The fraction of sp³-hybridized carbons (Fsp3) is 0.600. The Morgan fingerprint density at radius 1 is 1.50 bits per heavy atom. The molecule has 1 saturated carbocycles. The average Bonchev–Trinajstić information content (AvgIpc) is 3.47. The van der Waals surface area contributed by atoms with Crippen LogP contribution >= 0.6 is 0 Å². The lowest BCUT2D eigenvalue weighted by Crippen LogP contribution is -2.47. The largest absolute Gasteiger partial charge is 0.464 e. The number of carbonyl (C=O) groups excluding carboxylic acids is 1. The van der Waals surface area contributed by atoms with Gasteiger partial charge in [0.25, 0.3) is 0 Å². The number of nitrogens with two attached hydrogens (primary N) is 1. The molecular formula is C20H26N6O6. The van der Waals surface area contributed by atoms with Gasteiger partial charge < -0.3 is 30.2 Å². The number of nitrogens with zero attached hydrogens (tertiary/aromatic N) is 4. The van der Waals surface area contributed by atoms with E-state index in [1.54, 1.807) is 19.1 Å². The van der Waals surface area contributed by atoms with Gasteiger partial charge in [-0.1, -0.05) is 0 Å². The fourth-order valence-corrected chi connectivity index (χ4v) is 3.55. The summed E-state index contributed by atoms with van der Waals surface area (Å²) in [6.07, 6.45) is -0.562. The minimum Gasteiger partial charge on any atom is -0.464 e. The van der Waals surface area contributed by atoms with Crippen molar-refractivity contribution in [1.29, 1.82) is 5.26 Å². The number of anilines is 1. The van der Waals surface area contributed by atoms with Gasteiger partial charge >= 0.3 is 5.97 Å². The molecule has 0 spiro atoms. The third-order valence-electron chi connectivity index (χ3n) is 5.76. The molecule has 0 radical (unpaired) electrons. The first-order valence-electron chi connectivity index (χ1n) is 10.4. The van der Waals surface area contributed by atoms with Crippen LogP contribution in [0.15, 0.2) is 18.5 Å². The average molecular weight is 446 g/mol. The first-order valence-corrected chi connectivity index (χ1v) is 10.4. The highest BCUT2D eigenvalue weighted by Gasteiger charge is 2.56. The number of ether oxygens (including phenoxy) is 3. The second-order valence-electron chi connectivity index (χ2n) is 8.17. The van der Waals surface area contributed by atoms with Gasteiger partial charge in [-0.25, -0.2) is 9.50 Å². The number of aliphatic hydroxyl groups is 2. The standard InChI is InChI=1S/C20H26N6O6/c1-11(19(29)31-6-12-2-3-12)24-10-30-8-20(7-21)17(28)15(27)16(32-20)13-4-5-14-18(22)23-9-25-26(13)14/h4-5,9,11-12,15-17,24,27-28H,2-3,6,8,10H2,1H3,(H2,22,23,25)/t11-,15-,16-,17-,20+/m0/s1. The van der Waals surface area contributed by atoms with E-state index in [9.17, 15) is 20.3 Å². The van der Waals surface area contributed by atoms with Crippen LogP contribution in [0, 0.1) is 17.2 Å². The Hall–Kier alpha value is -2.82. The Morgan fingerprint density at radius 2 is 2.28 bits per heavy atom. The predicted molar refractivity (Wildman–Crippen MR) is 109 cm³/mol. The van der Waals surface area contributed by atoms with Crippen LogP contribution in [0.5, 0.6) is 0 Å². The van der Waals surface area contributed by atoms with Crippen molar-refractivity contribution in [3.63, 3.8) is 0 Å². The number of aromatic nitrogens is 3. The zero-order valence-electron chi connectivity index (χ0n) is 17.5. The van der Waals surface area contributed by atoms with Gasteiger partial charge in [-0.2, -0.15) is 10.4 Å². The molecule has 1 aliphatic carbocycles. The van der Waals surface area contributed by atoms with Crippen LogP contribution in [0.25, 0.3) is 5.52 Å². The van der Waals surface area contributed by atoms with Crippen molar-refractivity contribution < 1.29 is 29.2 Å². The van der Waals surface area contributed by atoms with Crippen molar-refractivity contribution in [3.8, 4) is 6.07 Å². The highest BCUT2D eigenvalue weighted by molar-refractivity contribution is 5.75. The molecule has 0 unspecified atom stereocenters. The summed E-state index contributed by atoms with van der Waals surface area (Å²) in [5.74, 6) is 0.327. The molecule has 12 heteroatoms. The van der Waals surface area contributed by atoms with Gasteiger partial charge in [0.05, 0.1) is 25.6 Å². The van der Waals surface area contributed by atoms with E-state index >= 15 is 0 Å². The summed E-state index contributed by atoms with van der Waals surface area (Å²) in [5, 5.41) is 37.9. The predicted octanol–water partition coefficient (Wildman–Crippen LogP) is -0.728. The van der Waals surface area contributed by atoms with Gasteiger partial charge in [0.2, 0.25) is 5.60 Å². The minimum atomic E-state index is -1.82. The molecule has 2 aromatic heterocycles. The smallest absolute Gasteiger partial charge is 0.322 e. The molecule has 5 atom stereocenters. The number of hydrogen-bond donors (Lipinski definition) is 4. The number of esters is 1. The molecule has 1 aliphatic heterocycles. The normalized spacial score (nSPS) is 28.5. The summed E-state index contributed by atoms with van der Waals surface area (Å²) in [4.78, 5) is 15.8. The summed E-state index contributed by atoms with van der Waals surface area (Å²) in [6, 6.07) is 4.60. The molecule has 172 valence electrons. The Kier molecular flexibility index (Phi) is 6.27.